The Kier molecular flexibility index (Phi) is 5.43. The van der Waals surface area contributed by atoms with Crippen molar-refractivity contribution >= 4 is 35.0 Å². The summed E-state index contributed by atoms with van der Waals surface area (Å²) in [4.78, 5) is 37.8. The zero-order chi connectivity index (χ0) is 22.0. The molecule has 0 aliphatic carbocycles. The summed E-state index contributed by atoms with van der Waals surface area (Å²) < 4.78 is 1.80. The van der Waals surface area contributed by atoms with E-state index in [2.05, 4.69) is 6.07 Å². The van der Waals surface area contributed by atoms with Crippen molar-refractivity contribution in [3.63, 3.8) is 0 Å². The minimum absolute atomic E-state index is 0.0312. The van der Waals surface area contributed by atoms with E-state index in [1.54, 1.807) is 65.4 Å². The molecule has 0 radical (unpaired) electrons. The number of carbonyl (C=O) groups is 3. The summed E-state index contributed by atoms with van der Waals surface area (Å²) in [5, 5.41) is 17.9. The fraction of sp³-hybridized carbons (Fsp3) is 0.0435. The van der Waals surface area contributed by atoms with Crippen LogP contribution in [-0.2, 0) is 11.3 Å². The largest absolute Gasteiger partial charge is 0.478 e. The minimum atomic E-state index is -1.01. The highest BCUT2D eigenvalue weighted by atomic mass is 32.2. The average Bonchev–Trinajstić information content (AvgIpc) is 3.34. The van der Waals surface area contributed by atoms with Crippen LogP contribution in [0.5, 0.6) is 0 Å². The first-order valence-corrected chi connectivity index (χ1v) is 10.0. The highest BCUT2D eigenvalue weighted by Gasteiger charge is 2.35. The van der Waals surface area contributed by atoms with Gasteiger partial charge in [-0.2, -0.15) is 5.26 Å². The van der Waals surface area contributed by atoms with E-state index >= 15 is 0 Å². The van der Waals surface area contributed by atoms with Crippen molar-refractivity contribution < 1.29 is 19.5 Å². The molecule has 0 unspecified atom stereocenters. The predicted molar refractivity (Wildman–Crippen MR) is 115 cm³/mol. The van der Waals surface area contributed by atoms with Crippen molar-refractivity contribution in [2.75, 3.05) is 0 Å². The number of amides is 2. The first-order valence-electron chi connectivity index (χ1n) is 9.22. The first-order chi connectivity index (χ1) is 15.0. The topological polar surface area (TPSA) is 103 Å². The molecule has 0 spiro atoms. The third-order valence-corrected chi connectivity index (χ3v) is 5.70. The molecule has 4 rings (SSSR count). The highest BCUT2D eigenvalue weighted by molar-refractivity contribution is 8.18. The van der Waals surface area contributed by atoms with Gasteiger partial charge in [0.2, 0.25) is 0 Å². The number of hydrogen-bond donors (Lipinski definition) is 1. The Morgan fingerprint density at radius 1 is 1.06 bits per heavy atom. The van der Waals surface area contributed by atoms with Crippen molar-refractivity contribution in [2.24, 2.45) is 0 Å². The number of hydrogen-bond acceptors (Lipinski definition) is 5. The number of benzene rings is 2. The van der Waals surface area contributed by atoms with Crippen LogP contribution in [0.2, 0.25) is 0 Å². The van der Waals surface area contributed by atoms with Crippen LogP contribution in [0.4, 0.5) is 4.79 Å². The van der Waals surface area contributed by atoms with Crippen LogP contribution >= 0.6 is 11.8 Å². The molecule has 8 heteroatoms. The Morgan fingerprint density at radius 3 is 2.52 bits per heavy atom. The highest BCUT2D eigenvalue weighted by Crippen LogP contribution is 2.34. The van der Waals surface area contributed by atoms with Gasteiger partial charge in [0, 0.05) is 17.6 Å². The zero-order valence-corrected chi connectivity index (χ0v) is 16.9. The van der Waals surface area contributed by atoms with E-state index < -0.39 is 17.1 Å². The number of thioether (sulfide) groups is 1. The Hall–Kier alpha value is -4.09. The molecule has 1 N–H and O–H groups in total. The lowest BCUT2D eigenvalue weighted by molar-refractivity contribution is -0.123. The Labute approximate surface area is 181 Å². The molecule has 2 heterocycles. The lowest BCUT2D eigenvalue weighted by Gasteiger charge is -2.13. The fourth-order valence-electron chi connectivity index (χ4n) is 3.22. The first kappa shape index (κ1) is 20.2. The number of carboxylic acid groups (broad SMARTS) is 1. The quantitative estimate of drug-likeness (QED) is 0.607. The lowest BCUT2D eigenvalue weighted by atomic mass is 10.1. The second-order valence-electron chi connectivity index (χ2n) is 6.69. The summed E-state index contributed by atoms with van der Waals surface area (Å²) in [6, 6.07) is 18.9. The van der Waals surface area contributed by atoms with Gasteiger partial charge in [-0.15, -0.1) is 0 Å². The van der Waals surface area contributed by atoms with Crippen LogP contribution in [0.25, 0.3) is 11.8 Å². The molecule has 1 aliphatic rings. The molecule has 0 atom stereocenters. The number of carboxylic acids is 1. The normalized spacial score (nSPS) is 14.8. The van der Waals surface area contributed by atoms with E-state index in [1.807, 2.05) is 0 Å². The summed E-state index contributed by atoms with van der Waals surface area (Å²) in [7, 11) is 0. The maximum absolute atomic E-state index is 12.9. The number of aromatic carboxylic acids is 1. The van der Waals surface area contributed by atoms with Crippen molar-refractivity contribution in [1.82, 2.24) is 9.47 Å². The molecule has 7 nitrogen and oxygen atoms in total. The summed E-state index contributed by atoms with van der Waals surface area (Å²) in [5.74, 6) is -1.43. The lowest BCUT2D eigenvalue weighted by Crippen LogP contribution is -2.27. The number of rotatable bonds is 5. The molecule has 152 valence electrons. The van der Waals surface area contributed by atoms with E-state index in [4.69, 9.17) is 5.11 Å². The standard InChI is InChI=1S/C23H15N3O4S/c24-13-16-4-1-2-5-17(16)14-26-21(27)20(31-23(26)30)12-19-6-3-11-25(19)18-9-7-15(8-10-18)22(28)29/h1-12H,14H2,(H,28,29). The van der Waals surface area contributed by atoms with E-state index in [0.29, 0.717) is 16.8 Å². The van der Waals surface area contributed by atoms with Crippen molar-refractivity contribution in [2.45, 2.75) is 6.54 Å². The zero-order valence-electron chi connectivity index (χ0n) is 16.1. The van der Waals surface area contributed by atoms with Crippen LogP contribution in [-0.4, -0.2) is 31.7 Å². The van der Waals surface area contributed by atoms with Gasteiger partial charge >= 0.3 is 5.97 Å². The monoisotopic (exact) mass is 429 g/mol. The summed E-state index contributed by atoms with van der Waals surface area (Å²) in [6.07, 6.45) is 3.42. The number of aromatic nitrogens is 1. The average molecular weight is 429 g/mol. The van der Waals surface area contributed by atoms with Gasteiger partial charge in [-0.1, -0.05) is 18.2 Å². The minimum Gasteiger partial charge on any atom is -0.478 e. The third-order valence-electron chi connectivity index (χ3n) is 4.79. The summed E-state index contributed by atoms with van der Waals surface area (Å²) in [6.45, 7) is 0.0312. The number of nitrogens with zero attached hydrogens (tertiary/aromatic N) is 3. The molecule has 0 saturated carbocycles. The molecule has 1 aliphatic heterocycles. The second-order valence-corrected chi connectivity index (χ2v) is 7.69. The summed E-state index contributed by atoms with van der Waals surface area (Å²) in [5.41, 5.74) is 2.60. The van der Waals surface area contributed by atoms with Gasteiger partial charge in [-0.05, 0) is 65.9 Å². The molecule has 1 fully saturated rings. The molecule has 2 aromatic carbocycles. The van der Waals surface area contributed by atoms with Crippen molar-refractivity contribution in [3.05, 3.63) is 94.1 Å². The van der Waals surface area contributed by atoms with Gasteiger partial charge in [-0.25, -0.2) is 4.79 Å². The number of nitriles is 1. The number of carbonyl (C=O) groups excluding carboxylic acids is 2. The third kappa shape index (κ3) is 3.99. The molecule has 3 aromatic rings. The SMILES string of the molecule is N#Cc1ccccc1CN1C(=O)SC(=Cc2cccn2-c2ccc(C(=O)O)cc2)C1=O. The predicted octanol–water partition coefficient (Wildman–Crippen LogP) is 4.28. The maximum Gasteiger partial charge on any atom is 0.335 e. The number of imide groups is 1. The van der Waals surface area contributed by atoms with Gasteiger partial charge in [0.15, 0.2) is 0 Å². The Morgan fingerprint density at radius 2 is 1.81 bits per heavy atom. The Bertz CT molecular complexity index is 1270. The van der Waals surface area contributed by atoms with Crippen molar-refractivity contribution in [1.29, 1.82) is 5.26 Å². The van der Waals surface area contributed by atoms with Crippen LogP contribution < -0.4 is 0 Å². The van der Waals surface area contributed by atoms with E-state index in [1.165, 1.54) is 12.1 Å². The van der Waals surface area contributed by atoms with Gasteiger partial charge in [0.1, 0.15) is 0 Å². The maximum atomic E-state index is 12.9. The van der Waals surface area contributed by atoms with Crippen LogP contribution in [0.3, 0.4) is 0 Å². The molecule has 0 bridgehead atoms. The van der Waals surface area contributed by atoms with Gasteiger partial charge in [0.05, 0.1) is 28.6 Å². The molecule has 1 saturated heterocycles. The summed E-state index contributed by atoms with van der Waals surface area (Å²) >= 11 is 0.848. The molecular weight excluding hydrogens is 414 g/mol. The van der Waals surface area contributed by atoms with Gasteiger partial charge in [0.25, 0.3) is 11.1 Å². The van der Waals surface area contributed by atoms with Crippen LogP contribution in [0.1, 0.15) is 27.2 Å². The van der Waals surface area contributed by atoms with E-state index in [0.717, 1.165) is 22.3 Å². The fourth-order valence-corrected chi connectivity index (χ4v) is 4.04. The second kappa shape index (κ2) is 8.34. The van der Waals surface area contributed by atoms with Crippen LogP contribution in [0.15, 0.2) is 71.8 Å². The van der Waals surface area contributed by atoms with Gasteiger partial charge in [-0.3, -0.25) is 14.5 Å². The van der Waals surface area contributed by atoms with E-state index in [9.17, 15) is 19.6 Å². The van der Waals surface area contributed by atoms with Gasteiger partial charge < -0.3 is 9.67 Å². The molecular formula is C23H15N3O4S. The Balaban J connectivity index is 1.60. The molecule has 1 aromatic heterocycles. The van der Waals surface area contributed by atoms with Crippen LogP contribution in [0, 0.1) is 11.3 Å². The van der Waals surface area contributed by atoms with E-state index in [-0.39, 0.29) is 17.0 Å². The van der Waals surface area contributed by atoms with Crippen molar-refractivity contribution in [3.8, 4) is 11.8 Å². The molecule has 2 amide bonds. The smallest absolute Gasteiger partial charge is 0.335 e. The molecule has 31 heavy (non-hydrogen) atoms.